The SMILES string of the molecule is CCOC(=O)C(C)C(=O)c1cccs1. The van der Waals surface area contributed by atoms with Crippen LogP contribution in [-0.2, 0) is 9.53 Å². The van der Waals surface area contributed by atoms with Crippen molar-refractivity contribution in [3.8, 4) is 0 Å². The lowest BCUT2D eigenvalue weighted by molar-refractivity contribution is -0.145. The van der Waals surface area contributed by atoms with Crippen LogP contribution in [0.3, 0.4) is 0 Å². The minimum Gasteiger partial charge on any atom is -0.465 e. The zero-order chi connectivity index (χ0) is 10.6. The Morgan fingerprint density at radius 2 is 2.29 bits per heavy atom. The molecular weight excluding hydrogens is 200 g/mol. The molecule has 0 bridgehead atoms. The number of ketones is 1. The molecule has 0 radical (unpaired) electrons. The third-order valence-electron chi connectivity index (χ3n) is 1.80. The van der Waals surface area contributed by atoms with Crippen molar-refractivity contribution in [2.24, 2.45) is 5.92 Å². The first-order chi connectivity index (χ1) is 6.66. The molecule has 3 nitrogen and oxygen atoms in total. The van der Waals surface area contributed by atoms with Gasteiger partial charge in [0.2, 0.25) is 0 Å². The fourth-order valence-electron chi connectivity index (χ4n) is 1.01. The van der Waals surface area contributed by atoms with E-state index >= 15 is 0 Å². The molecule has 1 rings (SSSR count). The number of thiophene rings is 1. The van der Waals surface area contributed by atoms with Gasteiger partial charge in [-0.05, 0) is 25.3 Å². The van der Waals surface area contributed by atoms with Gasteiger partial charge in [-0.1, -0.05) is 6.07 Å². The normalized spacial score (nSPS) is 12.1. The van der Waals surface area contributed by atoms with Crippen LogP contribution in [-0.4, -0.2) is 18.4 Å². The van der Waals surface area contributed by atoms with Gasteiger partial charge in [-0.3, -0.25) is 9.59 Å². The third-order valence-corrected chi connectivity index (χ3v) is 2.68. The Morgan fingerprint density at radius 3 is 2.79 bits per heavy atom. The number of carbonyl (C=O) groups excluding carboxylic acids is 2. The average Bonchev–Trinajstić information content (AvgIpc) is 2.68. The van der Waals surface area contributed by atoms with Crippen LogP contribution in [0.25, 0.3) is 0 Å². The number of Topliss-reactive ketones (excluding diaryl/α,β-unsaturated/α-hetero) is 1. The van der Waals surface area contributed by atoms with E-state index in [1.165, 1.54) is 11.3 Å². The van der Waals surface area contributed by atoms with E-state index in [1.807, 2.05) is 5.38 Å². The highest BCUT2D eigenvalue weighted by Crippen LogP contribution is 2.15. The highest BCUT2D eigenvalue weighted by Gasteiger charge is 2.24. The second-order valence-corrected chi connectivity index (χ2v) is 3.76. The summed E-state index contributed by atoms with van der Waals surface area (Å²) in [5.74, 6) is -1.32. The minimum atomic E-state index is -0.700. The van der Waals surface area contributed by atoms with Crippen LogP contribution in [0.5, 0.6) is 0 Å². The molecule has 0 saturated carbocycles. The van der Waals surface area contributed by atoms with Crippen molar-refractivity contribution in [1.82, 2.24) is 0 Å². The first kappa shape index (κ1) is 10.9. The van der Waals surface area contributed by atoms with Gasteiger partial charge >= 0.3 is 5.97 Å². The van der Waals surface area contributed by atoms with E-state index in [4.69, 9.17) is 4.74 Å². The lowest BCUT2D eigenvalue weighted by Crippen LogP contribution is -2.22. The molecule has 1 heterocycles. The predicted octanol–water partition coefficient (Wildman–Crippen LogP) is 2.13. The molecule has 4 heteroatoms. The molecule has 14 heavy (non-hydrogen) atoms. The molecule has 0 fully saturated rings. The summed E-state index contributed by atoms with van der Waals surface area (Å²) in [4.78, 5) is 23.5. The molecule has 0 aromatic carbocycles. The van der Waals surface area contributed by atoms with E-state index in [9.17, 15) is 9.59 Å². The van der Waals surface area contributed by atoms with Gasteiger partial charge in [0.15, 0.2) is 5.78 Å². The standard InChI is InChI=1S/C10H12O3S/c1-3-13-10(12)7(2)9(11)8-5-4-6-14-8/h4-7H,3H2,1-2H3. The largest absolute Gasteiger partial charge is 0.465 e. The van der Waals surface area contributed by atoms with Gasteiger partial charge in [0.1, 0.15) is 5.92 Å². The van der Waals surface area contributed by atoms with Gasteiger partial charge < -0.3 is 4.74 Å². The highest BCUT2D eigenvalue weighted by molar-refractivity contribution is 7.12. The second kappa shape index (κ2) is 4.91. The average molecular weight is 212 g/mol. The van der Waals surface area contributed by atoms with Crippen molar-refractivity contribution < 1.29 is 14.3 Å². The van der Waals surface area contributed by atoms with Crippen LogP contribution in [0, 0.1) is 5.92 Å². The number of hydrogen-bond donors (Lipinski definition) is 0. The van der Waals surface area contributed by atoms with Gasteiger partial charge in [-0.15, -0.1) is 11.3 Å². The highest BCUT2D eigenvalue weighted by atomic mass is 32.1. The smallest absolute Gasteiger partial charge is 0.316 e. The topological polar surface area (TPSA) is 43.4 Å². The van der Waals surface area contributed by atoms with Crippen molar-refractivity contribution >= 4 is 23.1 Å². The van der Waals surface area contributed by atoms with E-state index in [2.05, 4.69) is 0 Å². The Morgan fingerprint density at radius 1 is 1.57 bits per heavy atom. The van der Waals surface area contributed by atoms with Crippen LogP contribution in [0.2, 0.25) is 0 Å². The van der Waals surface area contributed by atoms with E-state index in [0.29, 0.717) is 11.5 Å². The zero-order valence-corrected chi connectivity index (χ0v) is 8.97. The van der Waals surface area contributed by atoms with Crippen molar-refractivity contribution in [3.05, 3.63) is 22.4 Å². The lowest BCUT2D eigenvalue weighted by Gasteiger charge is -2.07. The summed E-state index contributed by atoms with van der Waals surface area (Å²) < 4.78 is 4.77. The molecule has 76 valence electrons. The van der Waals surface area contributed by atoms with Gasteiger partial charge in [0.05, 0.1) is 11.5 Å². The molecule has 1 unspecified atom stereocenters. The number of ether oxygens (including phenoxy) is 1. The maximum atomic E-state index is 11.6. The maximum Gasteiger partial charge on any atom is 0.316 e. The van der Waals surface area contributed by atoms with Crippen LogP contribution in [0.15, 0.2) is 17.5 Å². The van der Waals surface area contributed by atoms with Crippen molar-refractivity contribution in [2.75, 3.05) is 6.61 Å². The van der Waals surface area contributed by atoms with Gasteiger partial charge in [0, 0.05) is 0 Å². The van der Waals surface area contributed by atoms with Crippen molar-refractivity contribution in [2.45, 2.75) is 13.8 Å². The number of carbonyl (C=O) groups is 2. The Balaban J connectivity index is 2.66. The fourth-order valence-corrected chi connectivity index (χ4v) is 1.76. The molecule has 0 aliphatic carbocycles. The van der Waals surface area contributed by atoms with Crippen LogP contribution in [0.4, 0.5) is 0 Å². The summed E-state index contributed by atoms with van der Waals surface area (Å²) in [6, 6.07) is 3.50. The summed E-state index contributed by atoms with van der Waals surface area (Å²) >= 11 is 1.34. The molecule has 1 aromatic heterocycles. The summed E-state index contributed by atoms with van der Waals surface area (Å²) in [6.07, 6.45) is 0. The summed E-state index contributed by atoms with van der Waals surface area (Å²) in [7, 11) is 0. The van der Waals surface area contributed by atoms with Crippen LogP contribution < -0.4 is 0 Å². The van der Waals surface area contributed by atoms with Crippen LogP contribution in [0.1, 0.15) is 23.5 Å². The quantitative estimate of drug-likeness (QED) is 0.436. The van der Waals surface area contributed by atoms with Crippen molar-refractivity contribution in [3.63, 3.8) is 0 Å². The summed E-state index contributed by atoms with van der Waals surface area (Å²) in [6.45, 7) is 3.60. The molecular formula is C10H12O3S. The molecule has 0 aliphatic heterocycles. The van der Waals surface area contributed by atoms with Crippen LogP contribution >= 0.6 is 11.3 Å². The Bertz CT molecular complexity index is 316. The predicted molar refractivity (Wildman–Crippen MR) is 54.4 cm³/mol. The maximum absolute atomic E-state index is 11.6. The van der Waals surface area contributed by atoms with Gasteiger partial charge in [-0.25, -0.2) is 0 Å². The fraction of sp³-hybridized carbons (Fsp3) is 0.400. The molecule has 0 saturated heterocycles. The number of esters is 1. The van der Waals surface area contributed by atoms with E-state index < -0.39 is 11.9 Å². The lowest BCUT2D eigenvalue weighted by atomic mass is 10.1. The monoisotopic (exact) mass is 212 g/mol. The molecule has 0 N–H and O–H groups in total. The zero-order valence-electron chi connectivity index (χ0n) is 8.15. The molecule has 0 amide bonds. The number of rotatable bonds is 4. The Labute approximate surface area is 86.7 Å². The molecule has 0 spiro atoms. The van der Waals surface area contributed by atoms with E-state index in [0.717, 1.165) is 0 Å². The second-order valence-electron chi connectivity index (χ2n) is 2.82. The Hall–Kier alpha value is -1.16. The molecule has 1 aromatic rings. The molecule has 1 atom stereocenters. The first-order valence-electron chi connectivity index (χ1n) is 4.41. The number of hydrogen-bond acceptors (Lipinski definition) is 4. The Kier molecular flexibility index (Phi) is 3.83. The first-order valence-corrected chi connectivity index (χ1v) is 5.29. The van der Waals surface area contributed by atoms with Crippen molar-refractivity contribution in [1.29, 1.82) is 0 Å². The summed E-state index contributed by atoms with van der Waals surface area (Å²) in [5, 5.41) is 1.81. The summed E-state index contributed by atoms with van der Waals surface area (Å²) in [5.41, 5.74) is 0. The van der Waals surface area contributed by atoms with E-state index in [1.54, 1.807) is 26.0 Å². The van der Waals surface area contributed by atoms with E-state index in [-0.39, 0.29) is 5.78 Å². The van der Waals surface area contributed by atoms with Gasteiger partial charge in [-0.2, -0.15) is 0 Å². The minimum absolute atomic E-state index is 0.168. The molecule has 0 aliphatic rings. The van der Waals surface area contributed by atoms with Gasteiger partial charge in [0.25, 0.3) is 0 Å². The third kappa shape index (κ3) is 2.42.